The molecule has 0 unspecified atom stereocenters. The highest BCUT2D eigenvalue weighted by Gasteiger charge is 1.97. The topological polar surface area (TPSA) is 34.1 Å². The molecule has 1 rings (SSSR count). The smallest absolute Gasteiger partial charge is 0.178 e. The Hall–Kier alpha value is 0.260. The zero-order chi connectivity index (χ0) is 5.98. The molecule has 5 heteroatoms. The maximum atomic E-state index is 10.3. The van der Waals surface area contributed by atoms with Gasteiger partial charge >= 0.3 is 0 Å². The van der Waals surface area contributed by atoms with Crippen LogP contribution in [0.15, 0.2) is 24.3 Å². The Bertz CT molecular complexity index is 158. The Balaban J connectivity index is -0.000000213. The molecular formula is C6H7Br3O2. The lowest BCUT2D eigenvalue weighted by atomic mass is 10.2. The van der Waals surface area contributed by atoms with E-state index in [2.05, 4.69) is 0 Å². The van der Waals surface area contributed by atoms with Crippen molar-refractivity contribution in [1.82, 2.24) is 0 Å². The molecule has 0 saturated carbocycles. The van der Waals surface area contributed by atoms with Gasteiger partial charge in [-0.25, -0.2) is 0 Å². The molecule has 0 bridgehead atoms. The summed E-state index contributed by atoms with van der Waals surface area (Å²) >= 11 is 0. The first-order chi connectivity index (χ1) is 3.79. The van der Waals surface area contributed by atoms with E-state index in [1.165, 1.54) is 24.3 Å². The minimum Gasteiger partial charge on any atom is -0.290 e. The molecule has 0 spiro atoms. The molecule has 0 fully saturated rings. The Morgan fingerprint density at radius 1 is 0.636 bits per heavy atom. The highest BCUT2D eigenvalue weighted by molar-refractivity contribution is 8.93. The van der Waals surface area contributed by atoms with Crippen LogP contribution in [0.4, 0.5) is 0 Å². The van der Waals surface area contributed by atoms with E-state index in [1.54, 1.807) is 0 Å². The maximum absolute atomic E-state index is 10.3. The monoisotopic (exact) mass is 348 g/mol. The number of hydrogen-bond acceptors (Lipinski definition) is 2. The van der Waals surface area contributed by atoms with Crippen LogP contribution < -0.4 is 0 Å². The summed E-state index contributed by atoms with van der Waals surface area (Å²) < 4.78 is 0. The predicted molar refractivity (Wildman–Crippen MR) is 59.3 cm³/mol. The van der Waals surface area contributed by atoms with Crippen molar-refractivity contribution in [3.63, 3.8) is 0 Å². The van der Waals surface area contributed by atoms with Crippen LogP contribution in [0.1, 0.15) is 0 Å². The zero-order valence-corrected chi connectivity index (χ0v) is 10.5. The van der Waals surface area contributed by atoms with Crippen molar-refractivity contribution in [2.24, 2.45) is 0 Å². The van der Waals surface area contributed by atoms with E-state index < -0.39 is 0 Å². The number of carbonyl (C=O) groups is 2. The number of carbonyl (C=O) groups excluding carboxylic acids is 2. The molecule has 0 heterocycles. The fourth-order valence-corrected chi connectivity index (χ4v) is 0.440. The van der Waals surface area contributed by atoms with Gasteiger partial charge in [0, 0.05) is 0 Å². The first-order valence-corrected chi connectivity index (χ1v) is 2.23. The largest absolute Gasteiger partial charge is 0.290 e. The molecule has 0 N–H and O–H groups in total. The first kappa shape index (κ1) is 17.4. The van der Waals surface area contributed by atoms with Crippen LogP contribution in [0.3, 0.4) is 0 Å². The van der Waals surface area contributed by atoms with Crippen molar-refractivity contribution in [1.29, 1.82) is 0 Å². The quantitative estimate of drug-likeness (QED) is 0.626. The Morgan fingerprint density at radius 2 is 0.818 bits per heavy atom. The third kappa shape index (κ3) is 6.65. The van der Waals surface area contributed by atoms with Crippen molar-refractivity contribution >= 4 is 62.5 Å². The molecule has 0 radical (unpaired) electrons. The van der Waals surface area contributed by atoms with Gasteiger partial charge in [-0.1, -0.05) is 0 Å². The van der Waals surface area contributed by atoms with Crippen molar-refractivity contribution in [2.45, 2.75) is 0 Å². The molecule has 1 aliphatic carbocycles. The molecule has 11 heavy (non-hydrogen) atoms. The van der Waals surface area contributed by atoms with Crippen LogP contribution in [0.2, 0.25) is 0 Å². The average Bonchev–Trinajstić information content (AvgIpc) is 1.77. The van der Waals surface area contributed by atoms with Crippen LogP contribution in [-0.2, 0) is 9.59 Å². The van der Waals surface area contributed by atoms with Gasteiger partial charge in [0.1, 0.15) is 0 Å². The van der Waals surface area contributed by atoms with Gasteiger partial charge in [0.15, 0.2) is 11.6 Å². The third-order valence-corrected chi connectivity index (χ3v) is 0.824. The molecule has 0 aromatic carbocycles. The van der Waals surface area contributed by atoms with E-state index in [0.29, 0.717) is 0 Å². The van der Waals surface area contributed by atoms with E-state index in [4.69, 9.17) is 0 Å². The highest BCUT2D eigenvalue weighted by Crippen LogP contribution is 1.90. The fraction of sp³-hybridized carbons (Fsp3) is 0. The number of halogens is 3. The molecule has 0 aliphatic heterocycles. The standard InChI is InChI=1S/C6H4O2.3BrH/c7-5-1-2-6(8)4-3-5;;;/h1-4H;3*1H. The van der Waals surface area contributed by atoms with Gasteiger partial charge in [0.25, 0.3) is 0 Å². The zero-order valence-electron chi connectivity index (χ0n) is 5.35. The van der Waals surface area contributed by atoms with E-state index in [-0.39, 0.29) is 62.5 Å². The molecule has 0 aromatic heterocycles. The van der Waals surface area contributed by atoms with Gasteiger partial charge < -0.3 is 0 Å². The van der Waals surface area contributed by atoms with E-state index in [1.807, 2.05) is 0 Å². The normalized spacial score (nSPS) is 12.7. The van der Waals surface area contributed by atoms with Crippen molar-refractivity contribution in [3.8, 4) is 0 Å². The van der Waals surface area contributed by atoms with Gasteiger partial charge in [0.05, 0.1) is 0 Å². The van der Waals surface area contributed by atoms with Gasteiger partial charge in [-0.2, -0.15) is 0 Å². The summed E-state index contributed by atoms with van der Waals surface area (Å²) in [4.78, 5) is 20.6. The minimum atomic E-state index is -0.121. The average molecular weight is 351 g/mol. The van der Waals surface area contributed by atoms with E-state index in [9.17, 15) is 9.59 Å². The van der Waals surface area contributed by atoms with E-state index in [0.717, 1.165) is 0 Å². The van der Waals surface area contributed by atoms with Gasteiger partial charge in [-0.3, -0.25) is 9.59 Å². The molecule has 64 valence electrons. The highest BCUT2D eigenvalue weighted by atomic mass is 79.9. The third-order valence-electron chi connectivity index (χ3n) is 0.824. The van der Waals surface area contributed by atoms with Crippen molar-refractivity contribution < 1.29 is 9.59 Å². The van der Waals surface area contributed by atoms with Crippen molar-refractivity contribution in [3.05, 3.63) is 24.3 Å². The molecule has 0 atom stereocenters. The molecular weight excluding hydrogens is 344 g/mol. The lowest BCUT2D eigenvalue weighted by Crippen LogP contribution is -1.97. The predicted octanol–water partition coefficient (Wildman–Crippen LogP) is 1.98. The molecule has 2 nitrogen and oxygen atoms in total. The molecule has 0 saturated heterocycles. The Labute approximate surface area is 96.0 Å². The van der Waals surface area contributed by atoms with Gasteiger partial charge in [0.2, 0.25) is 0 Å². The van der Waals surface area contributed by atoms with Gasteiger partial charge in [-0.05, 0) is 24.3 Å². The van der Waals surface area contributed by atoms with Crippen LogP contribution in [0.5, 0.6) is 0 Å². The SMILES string of the molecule is Br.Br.Br.O=C1C=CC(=O)C=C1. The van der Waals surface area contributed by atoms with Crippen molar-refractivity contribution in [2.75, 3.05) is 0 Å². The Kier molecular flexibility index (Phi) is 13.2. The molecule has 0 aromatic rings. The number of hydrogen-bond donors (Lipinski definition) is 0. The summed E-state index contributed by atoms with van der Waals surface area (Å²) in [6.45, 7) is 0. The summed E-state index contributed by atoms with van der Waals surface area (Å²) in [5.41, 5.74) is 0. The lowest BCUT2D eigenvalue weighted by molar-refractivity contribution is -0.113. The van der Waals surface area contributed by atoms with Crippen LogP contribution in [-0.4, -0.2) is 11.6 Å². The second-order valence-electron chi connectivity index (χ2n) is 1.47. The molecule has 1 aliphatic rings. The number of allylic oxidation sites excluding steroid dienone is 4. The van der Waals surface area contributed by atoms with Crippen LogP contribution in [0.25, 0.3) is 0 Å². The summed E-state index contributed by atoms with van der Waals surface area (Å²) in [6, 6.07) is 0. The fourth-order valence-electron chi connectivity index (χ4n) is 0.440. The second kappa shape index (κ2) is 8.36. The van der Waals surface area contributed by atoms with Crippen LogP contribution in [0, 0.1) is 0 Å². The number of ketones is 2. The Morgan fingerprint density at radius 3 is 1.00 bits per heavy atom. The summed E-state index contributed by atoms with van der Waals surface area (Å²) in [5, 5.41) is 0. The lowest BCUT2D eigenvalue weighted by Gasteiger charge is -1.87. The first-order valence-electron chi connectivity index (χ1n) is 2.23. The van der Waals surface area contributed by atoms with Gasteiger partial charge in [-0.15, -0.1) is 50.9 Å². The maximum Gasteiger partial charge on any atom is 0.178 e. The minimum absolute atomic E-state index is 0. The molecule has 0 amide bonds. The summed E-state index contributed by atoms with van der Waals surface area (Å²) in [5.74, 6) is -0.241. The summed E-state index contributed by atoms with van der Waals surface area (Å²) in [6.07, 6.45) is 5.01. The van der Waals surface area contributed by atoms with Crippen LogP contribution >= 0.6 is 50.9 Å². The summed E-state index contributed by atoms with van der Waals surface area (Å²) in [7, 11) is 0. The number of rotatable bonds is 0. The van der Waals surface area contributed by atoms with E-state index >= 15 is 0 Å². The second-order valence-corrected chi connectivity index (χ2v) is 1.47.